The van der Waals surface area contributed by atoms with E-state index in [0.717, 1.165) is 21.6 Å². The van der Waals surface area contributed by atoms with Crippen molar-refractivity contribution in [3.05, 3.63) is 83.4 Å². The predicted octanol–water partition coefficient (Wildman–Crippen LogP) is 4.28. The molecule has 7 heteroatoms. The van der Waals surface area contributed by atoms with Crippen LogP contribution in [0.25, 0.3) is 21.7 Å². The van der Waals surface area contributed by atoms with Crippen molar-refractivity contribution >= 4 is 17.2 Å². The summed E-state index contributed by atoms with van der Waals surface area (Å²) in [6.07, 6.45) is 3.55. The van der Waals surface area contributed by atoms with Gasteiger partial charge in [0.15, 0.2) is 0 Å². The third-order valence-corrected chi connectivity index (χ3v) is 5.23. The van der Waals surface area contributed by atoms with Crippen LogP contribution in [0.3, 0.4) is 0 Å². The van der Waals surface area contributed by atoms with E-state index in [4.69, 9.17) is 0 Å². The minimum atomic E-state index is -0.309. The first-order chi connectivity index (χ1) is 13.6. The van der Waals surface area contributed by atoms with E-state index in [1.807, 2.05) is 29.8 Å². The highest BCUT2D eigenvalue weighted by Crippen LogP contribution is 2.24. The molecule has 1 N–H and O–H groups in total. The number of benzene rings is 1. The van der Waals surface area contributed by atoms with Crippen molar-refractivity contribution in [2.24, 2.45) is 7.05 Å². The number of nitrogens with zero attached hydrogens (tertiary/aromatic N) is 3. The minimum Gasteiger partial charge on any atom is -0.347 e. The Bertz CT molecular complexity index is 1100. The summed E-state index contributed by atoms with van der Waals surface area (Å²) in [6, 6.07) is 13.8. The molecule has 4 aromatic rings. The van der Waals surface area contributed by atoms with Crippen LogP contribution in [0.2, 0.25) is 0 Å². The number of hydrogen-bond donors (Lipinski definition) is 1. The SMILES string of the molecule is Cn1nc(-c2ccc(F)cc2)cc1C(=O)NCc1cncc(-c2cccs2)c1. The Morgan fingerprint density at radius 2 is 1.96 bits per heavy atom. The second-order valence-electron chi connectivity index (χ2n) is 6.29. The lowest BCUT2D eigenvalue weighted by atomic mass is 10.1. The molecule has 0 bridgehead atoms. The average Bonchev–Trinajstić information content (AvgIpc) is 3.37. The van der Waals surface area contributed by atoms with Gasteiger partial charge in [0.2, 0.25) is 0 Å². The van der Waals surface area contributed by atoms with Crippen LogP contribution in [0.4, 0.5) is 4.39 Å². The third kappa shape index (κ3) is 3.84. The fourth-order valence-corrected chi connectivity index (χ4v) is 3.58. The molecule has 3 aromatic heterocycles. The number of carbonyl (C=O) groups is 1. The number of amides is 1. The summed E-state index contributed by atoms with van der Waals surface area (Å²) < 4.78 is 14.6. The molecule has 1 amide bonds. The maximum atomic E-state index is 13.1. The van der Waals surface area contributed by atoms with Crippen LogP contribution in [0.5, 0.6) is 0 Å². The number of aryl methyl sites for hydroxylation is 1. The molecular formula is C21H17FN4OS. The summed E-state index contributed by atoms with van der Waals surface area (Å²) in [5.41, 5.74) is 3.75. The van der Waals surface area contributed by atoms with Gasteiger partial charge < -0.3 is 5.32 Å². The molecule has 4 rings (SSSR count). The Kier molecular flexibility index (Phi) is 4.99. The molecule has 0 unspecified atom stereocenters. The minimum absolute atomic E-state index is 0.232. The maximum Gasteiger partial charge on any atom is 0.269 e. The van der Waals surface area contributed by atoms with Crippen molar-refractivity contribution in [1.29, 1.82) is 0 Å². The molecule has 0 aliphatic heterocycles. The normalized spacial score (nSPS) is 10.8. The van der Waals surface area contributed by atoms with Gasteiger partial charge in [0, 0.05) is 42.0 Å². The number of rotatable bonds is 5. The zero-order chi connectivity index (χ0) is 19.5. The molecule has 0 atom stereocenters. The van der Waals surface area contributed by atoms with Crippen LogP contribution in [-0.2, 0) is 13.6 Å². The molecule has 5 nitrogen and oxygen atoms in total. The Morgan fingerprint density at radius 3 is 2.71 bits per heavy atom. The van der Waals surface area contributed by atoms with Crippen LogP contribution in [0, 0.1) is 5.82 Å². The van der Waals surface area contributed by atoms with Crippen molar-refractivity contribution < 1.29 is 9.18 Å². The molecule has 0 aliphatic rings. The van der Waals surface area contributed by atoms with E-state index in [1.165, 1.54) is 16.8 Å². The highest BCUT2D eigenvalue weighted by atomic mass is 32.1. The van der Waals surface area contributed by atoms with Gasteiger partial charge in [0.25, 0.3) is 5.91 Å². The Morgan fingerprint density at radius 1 is 1.14 bits per heavy atom. The van der Waals surface area contributed by atoms with Gasteiger partial charge in [-0.25, -0.2) is 4.39 Å². The van der Waals surface area contributed by atoms with E-state index in [0.29, 0.717) is 17.9 Å². The summed E-state index contributed by atoms with van der Waals surface area (Å²) in [6.45, 7) is 0.363. The number of hydrogen-bond acceptors (Lipinski definition) is 4. The summed E-state index contributed by atoms with van der Waals surface area (Å²) in [7, 11) is 1.71. The van der Waals surface area contributed by atoms with Gasteiger partial charge in [-0.05, 0) is 53.4 Å². The monoisotopic (exact) mass is 392 g/mol. The number of pyridine rings is 1. The predicted molar refractivity (Wildman–Crippen MR) is 107 cm³/mol. The molecule has 0 saturated heterocycles. The smallest absolute Gasteiger partial charge is 0.269 e. The lowest BCUT2D eigenvalue weighted by Gasteiger charge is -2.06. The first-order valence-electron chi connectivity index (χ1n) is 8.66. The number of aromatic nitrogens is 3. The van der Waals surface area contributed by atoms with E-state index in [2.05, 4.69) is 15.4 Å². The molecule has 28 heavy (non-hydrogen) atoms. The number of halogens is 1. The lowest BCUT2D eigenvalue weighted by Crippen LogP contribution is -2.25. The van der Waals surface area contributed by atoms with Gasteiger partial charge in [-0.15, -0.1) is 11.3 Å². The van der Waals surface area contributed by atoms with Crippen LogP contribution in [0.15, 0.2) is 66.3 Å². The largest absolute Gasteiger partial charge is 0.347 e. The highest BCUT2D eigenvalue weighted by Gasteiger charge is 2.14. The van der Waals surface area contributed by atoms with Crippen LogP contribution in [-0.4, -0.2) is 20.7 Å². The van der Waals surface area contributed by atoms with Gasteiger partial charge in [-0.1, -0.05) is 6.07 Å². The van der Waals surface area contributed by atoms with Gasteiger partial charge in [0.05, 0.1) is 5.69 Å². The number of thiophene rings is 1. The van der Waals surface area contributed by atoms with Crippen molar-refractivity contribution in [2.45, 2.75) is 6.54 Å². The zero-order valence-electron chi connectivity index (χ0n) is 15.1. The summed E-state index contributed by atoms with van der Waals surface area (Å²) in [4.78, 5) is 18.0. The second kappa shape index (κ2) is 7.74. The maximum absolute atomic E-state index is 13.1. The van der Waals surface area contributed by atoms with Gasteiger partial charge in [0.1, 0.15) is 11.5 Å². The van der Waals surface area contributed by atoms with Crippen LogP contribution < -0.4 is 5.32 Å². The molecule has 0 fully saturated rings. The summed E-state index contributed by atoms with van der Waals surface area (Å²) in [5, 5.41) is 9.28. The Hall–Kier alpha value is -3.32. The molecule has 3 heterocycles. The first-order valence-corrected chi connectivity index (χ1v) is 9.54. The number of carbonyl (C=O) groups excluding carboxylic acids is 1. The van der Waals surface area contributed by atoms with Crippen molar-refractivity contribution in [3.63, 3.8) is 0 Å². The fraction of sp³-hybridized carbons (Fsp3) is 0.0952. The van der Waals surface area contributed by atoms with E-state index in [1.54, 1.807) is 42.8 Å². The van der Waals surface area contributed by atoms with Gasteiger partial charge in [-0.3, -0.25) is 14.5 Å². The van der Waals surface area contributed by atoms with Gasteiger partial charge >= 0.3 is 0 Å². The van der Waals surface area contributed by atoms with Crippen LogP contribution in [0.1, 0.15) is 16.1 Å². The van der Waals surface area contributed by atoms with Crippen molar-refractivity contribution in [2.75, 3.05) is 0 Å². The molecule has 0 aliphatic carbocycles. The molecule has 140 valence electrons. The lowest BCUT2D eigenvalue weighted by molar-refractivity contribution is 0.0941. The first kappa shape index (κ1) is 18.1. The molecular weight excluding hydrogens is 375 g/mol. The standard InChI is InChI=1S/C21H17FN4OS/c1-26-19(10-18(25-26)15-4-6-17(22)7-5-15)21(27)24-12-14-9-16(13-23-11-14)20-3-2-8-28-20/h2-11,13H,12H2,1H3,(H,24,27). The number of nitrogens with one attached hydrogen (secondary N) is 1. The summed E-state index contributed by atoms with van der Waals surface area (Å²) in [5.74, 6) is -0.541. The average molecular weight is 392 g/mol. The third-order valence-electron chi connectivity index (χ3n) is 4.31. The van der Waals surface area contributed by atoms with Crippen molar-refractivity contribution in [1.82, 2.24) is 20.1 Å². The Balaban J connectivity index is 1.47. The zero-order valence-corrected chi connectivity index (χ0v) is 15.9. The van der Waals surface area contributed by atoms with Gasteiger partial charge in [-0.2, -0.15) is 5.10 Å². The molecule has 1 aromatic carbocycles. The molecule has 0 spiro atoms. The molecule has 0 saturated carbocycles. The topological polar surface area (TPSA) is 59.8 Å². The van der Waals surface area contributed by atoms with Crippen LogP contribution >= 0.6 is 11.3 Å². The quantitative estimate of drug-likeness (QED) is 0.551. The van der Waals surface area contributed by atoms with E-state index in [9.17, 15) is 9.18 Å². The summed E-state index contributed by atoms with van der Waals surface area (Å²) >= 11 is 1.65. The Labute approximate surface area is 165 Å². The van der Waals surface area contributed by atoms with E-state index in [-0.39, 0.29) is 11.7 Å². The van der Waals surface area contributed by atoms with E-state index < -0.39 is 0 Å². The highest BCUT2D eigenvalue weighted by molar-refractivity contribution is 7.13. The molecule has 0 radical (unpaired) electrons. The van der Waals surface area contributed by atoms with Crippen molar-refractivity contribution in [3.8, 4) is 21.7 Å². The fourth-order valence-electron chi connectivity index (χ4n) is 2.88. The van der Waals surface area contributed by atoms with E-state index >= 15 is 0 Å². The second-order valence-corrected chi connectivity index (χ2v) is 7.23.